The van der Waals surface area contributed by atoms with Gasteiger partial charge in [-0.3, -0.25) is 0 Å². The van der Waals surface area contributed by atoms with Gasteiger partial charge in [0.1, 0.15) is 0 Å². The van der Waals surface area contributed by atoms with Crippen molar-refractivity contribution in [1.29, 1.82) is 0 Å². The van der Waals surface area contributed by atoms with Crippen LogP contribution in [0.15, 0.2) is 18.2 Å². The number of aryl methyl sites for hydroxylation is 1. The Morgan fingerprint density at radius 1 is 1.40 bits per heavy atom. The lowest BCUT2D eigenvalue weighted by Crippen LogP contribution is -2.28. The zero-order valence-electron chi connectivity index (χ0n) is 8.93. The summed E-state index contributed by atoms with van der Waals surface area (Å²) in [5.74, 6) is 0. The van der Waals surface area contributed by atoms with Crippen molar-refractivity contribution in [2.75, 3.05) is 11.9 Å². The molecule has 0 spiro atoms. The molecule has 2 amide bonds. The predicted molar refractivity (Wildman–Crippen MR) is 63.5 cm³/mol. The highest BCUT2D eigenvalue weighted by atomic mass is 35.5. The van der Waals surface area contributed by atoms with E-state index in [1.165, 1.54) is 0 Å². The van der Waals surface area contributed by atoms with Gasteiger partial charge in [-0.25, -0.2) is 4.79 Å². The lowest BCUT2D eigenvalue weighted by molar-refractivity contribution is 0.252. The summed E-state index contributed by atoms with van der Waals surface area (Å²) in [6.07, 6.45) is 0.836. The Labute approximate surface area is 94.8 Å². The standard InChI is InChI=1S/C11H15ClN2O/c1-3-8-7-9(12)5-6-10(8)14-11(15)13-4-2/h5-7H,3-4H2,1-2H3,(H2,13,14,15). The Hall–Kier alpha value is -1.22. The first-order valence-electron chi connectivity index (χ1n) is 5.00. The average Bonchev–Trinajstić information content (AvgIpc) is 2.21. The Kier molecular flexibility index (Phi) is 4.43. The van der Waals surface area contributed by atoms with E-state index in [1.807, 2.05) is 26.0 Å². The van der Waals surface area contributed by atoms with Gasteiger partial charge in [0.2, 0.25) is 0 Å². The van der Waals surface area contributed by atoms with Crippen LogP contribution in [0.4, 0.5) is 10.5 Å². The summed E-state index contributed by atoms with van der Waals surface area (Å²) < 4.78 is 0. The highest BCUT2D eigenvalue weighted by Crippen LogP contribution is 2.20. The maximum atomic E-state index is 11.3. The third-order valence-corrected chi connectivity index (χ3v) is 2.27. The van der Waals surface area contributed by atoms with E-state index in [-0.39, 0.29) is 6.03 Å². The molecule has 4 heteroatoms. The summed E-state index contributed by atoms with van der Waals surface area (Å²) in [7, 11) is 0. The highest BCUT2D eigenvalue weighted by Gasteiger charge is 2.04. The molecule has 0 aliphatic rings. The smallest absolute Gasteiger partial charge is 0.319 e. The number of hydrogen-bond acceptors (Lipinski definition) is 1. The van der Waals surface area contributed by atoms with E-state index in [2.05, 4.69) is 10.6 Å². The fraction of sp³-hybridized carbons (Fsp3) is 0.364. The molecule has 15 heavy (non-hydrogen) atoms. The third kappa shape index (κ3) is 3.44. The molecule has 0 heterocycles. The van der Waals surface area contributed by atoms with Crippen LogP contribution >= 0.6 is 11.6 Å². The van der Waals surface area contributed by atoms with Crippen molar-refractivity contribution in [2.24, 2.45) is 0 Å². The minimum atomic E-state index is -0.186. The maximum Gasteiger partial charge on any atom is 0.319 e. The van der Waals surface area contributed by atoms with Gasteiger partial charge in [-0.15, -0.1) is 0 Å². The number of urea groups is 1. The van der Waals surface area contributed by atoms with Gasteiger partial charge in [-0.2, -0.15) is 0 Å². The lowest BCUT2D eigenvalue weighted by Gasteiger charge is -2.10. The van der Waals surface area contributed by atoms with Gasteiger partial charge in [-0.1, -0.05) is 18.5 Å². The van der Waals surface area contributed by atoms with Crippen molar-refractivity contribution in [1.82, 2.24) is 5.32 Å². The molecular weight excluding hydrogens is 212 g/mol. The summed E-state index contributed by atoms with van der Waals surface area (Å²) in [6, 6.07) is 5.26. The molecule has 0 fully saturated rings. The minimum Gasteiger partial charge on any atom is -0.338 e. The first-order chi connectivity index (χ1) is 7.17. The van der Waals surface area contributed by atoms with Crippen molar-refractivity contribution in [2.45, 2.75) is 20.3 Å². The number of rotatable bonds is 3. The Balaban J connectivity index is 2.80. The molecule has 0 aliphatic carbocycles. The molecule has 3 nitrogen and oxygen atoms in total. The molecule has 82 valence electrons. The largest absolute Gasteiger partial charge is 0.338 e. The minimum absolute atomic E-state index is 0.186. The van der Waals surface area contributed by atoms with Crippen molar-refractivity contribution in [3.63, 3.8) is 0 Å². The van der Waals surface area contributed by atoms with Crippen LogP contribution in [0.2, 0.25) is 5.02 Å². The first-order valence-corrected chi connectivity index (χ1v) is 5.38. The van der Waals surface area contributed by atoms with Crippen LogP contribution in [0.3, 0.4) is 0 Å². The van der Waals surface area contributed by atoms with Gasteiger partial charge < -0.3 is 10.6 Å². The van der Waals surface area contributed by atoms with Crippen molar-refractivity contribution < 1.29 is 4.79 Å². The van der Waals surface area contributed by atoms with E-state index in [0.29, 0.717) is 11.6 Å². The summed E-state index contributed by atoms with van der Waals surface area (Å²) >= 11 is 5.86. The second-order valence-electron chi connectivity index (χ2n) is 3.14. The lowest BCUT2D eigenvalue weighted by atomic mass is 10.1. The molecule has 2 N–H and O–H groups in total. The predicted octanol–water partition coefficient (Wildman–Crippen LogP) is 3.04. The van der Waals surface area contributed by atoms with Gasteiger partial charge in [0.15, 0.2) is 0 Å². The van der Waals surface area contributed by atoms with Gasteiger partial charge in [-0.05, 0) is 37.1 Å². The van der Waals surface area contributed by atoms with E-state index in [1.54, 1.807) is 6.07 Å². The first kappa shape index (κ1) is 11.9. The molecule has 0 bridgehead atoms. The van der Waals surface area contributed by atoms with Gasteiger partial charge >= 0.3 is 6.03 Å². The fourth-order valence-corrected chi connectivity index (χ4v) is 1.50. The molecule has 0 saturated carbocycles. The Morgan fingerprint density at radius 2 is 2.13 bits per heavy atom. The van der Waals surface area contributed by atoms with E-state index >= 15 is 0 Å². The Morgan fingerprint density at radius 3 is 2.73 bits per heavy atom. The molecule has 0 atom stereocenters. The van der Waals surface area contributed by atoms with Crippen LogP contribution < -0.4 is 10.6 Å². The summed E-state index contributed by atoms with van der Waals surface area (Å²) in [6.45, 7) is 4.51. The van der Waals surface area contributed by atoms with Crippen LogP contribution in [-0.2, 0) is 6.42 Å². The van der Waals surface area contributed by atoms with Crippen LogP contribution in [0.25, 0.3) is 0 Å². The number of amides is 2. The Bertz CT molecular complexity index is 352. The number of hydrogen-bond donors (Lipinski definition) is 2. The monoisotopic (exact) mass is 226 g/mol. The van der Waals surface area contributed by atoms with Gasteiger partial charge in [0.05, 0.1) is 0 Å². The number of carbonyl (C=O) groups excluding carboxylic acids is 1. The van der Waals surface area contributed by atoms with Crippen LogP contribution in [-0.4, -0.2) is 12.6 Å². The topological polar surface area (TPSA) is 41.1 Å². The van der Waals surface area contributed by atoms with Crippen molar-refractivity contribution >= 4 is 23.3 Å². The second kappa shape index (κ2) is 5.61. The van der Waals surface area contributed by atoms with Crippen LogP contribution in [0.1, 0.15) is 19.4 Å². The molecule has 0 aromatic heterocycles. The van der Waals surface area contributed by atoms with Crippen molar-refractivity contribution in [3.05, 3.63) is 28.8 Å². The molecule has 1 aromatic carbocycles. The zero-order chi connectivity index (χ0) is 11.3. The molecule has 0 saturated heterocycles. The average molecular weight is 227 g/mol. The van der Waals surface area contributed by atoms with Gasteiger partial charge in [0.25, 0.3) is 0 Å². The number of anilines is 1. The second-order valence-corrected chi connectivity index (χ2v) is 3.58. The van der Waals surface area contributed by atoms with Crippen LogP contribution in [0.5, 0.6) is 0 Å². The third-order valence-electron chi connectivity index (χ3n) is 2.03. The number of carbonyl (C=O) groups is 1. The summed E-state index contributed by atoms with van der Waals surface area (Å²) in [4.78, 5) is 11.3. The van der Waals surface area contributed by atoms with E-state index < -0.39 is 0 Å². The number of nitrogens with one attached hydrogen (secondary N) is 2. The molecular formula is C11H15ClN2O. The molecule has 1 rings (SSSR count). The van der Waals surface area contributed by atoms with Crippen molar-refractivity contribution in [3.8, 4) is 0 Å². The van der Waals surface area contributed by atoms with Crippen LogP contribution in [0, 0.1) is 0 Å². The SMILES string of the molecule is CCNC(=O)Nc1ccc(Cl)cc1CC. The zero-order valence-corrected chi connectivity index (χ0v) is 9.69. The van der Waals surface area contributed by atoms with Gasteiger partial charge in [0, 0.05) is 17.3 Å². The maximum absolute atomic E-state index is 11.3. The highest BCUT2D eigenvalue weighted by molar-refractivity contribution is 6.30. The summed E-state index contributed by atoms with van der Waals surface area (Å²) in [5, 5.41) is 6.15. The quantitative estimate of drug-likeness (QED) is 0.817. The molecule has 0 radical (unpaired) electrons. The molecule has 1 aromatic rings. The number of halogens is 1. The van der Waals surface area contributed by atoms with E-state index in [9.17, 15) is 4.79 Å². The summed E-state index contributed by atoms with van der Waals surface area (Å²) in [5.41, 5.74) is 1.85. The van der Waals surface area contributed by atoms with E-state index in [0.717, 1.165) is 17.7 Å². The molecule has 0 aliphatic heterocycles. The molecule has 0 unspecified atom stereocenters. The normalized spacial score (nSPS) is 9.80. The van der Waals surface area contributed by atoms with E-state index in [4.69, 9.17) is 11.6 Å². The number of benzene rings is 1. The fourth-order valence-electron chi connectivity index (χ4n) is 1.30.